The maximum Gasteiger partial charge on any atom is 0.149 e. The fourth-order valence-corrected chi connectivity index (χ4v) is 2.31. The number of Topliss-reactive ketones (excluding diaryl/α,β-unsaturated/α-hetero) is 1. The highest BCUT2D eigenvalue weighted by Crippen LogP contribution is 2.24. The Bertz CT molecular complexity index is 210. The predicted molar refractivity (Wildman–Crippen MR) is 65.4 cm³/mol. The number of hydrogen-bond acceptors (Lipinski definition) is 3. The summed E-state index contributed by atoms with van der Waals surface area (Å²) in [5.74, 6) is 0.704. The standard InChI is InChI=1S/C13H25NO2/c1-11(15)8-9-14(2)10-13(16)12-6-4-3-5-7-12/h11-12,15H,3-10H2,1-2H3. The first-order valence-electron chi connectivity index (χ1n) is 6.49. The topological polar surface area (TPSA) is 40.5 Å². The van der Waals surface area contributed by atoms with Crippen molar-refractivity contribution in [1.29, 1.82) is 0 Å². The zero-order valence-electron chi connectivity index (χ0n) is 10.6. The van der Waals surface area contributed by atoms with Crippen LogP contribution in [0.5, 0.6) is 0 Å². The number of aliphatic hydroxyl groups is 1. The average molecular weight is 227 g/mol. The van der Waals surface area contributed by atoms with Crippen molar-refractivity contribution in [3.8, 4) is 0 Å². The predicted octanol–water partition coefficient (Wildman–Crippen LogP) is 1.84. The van der Waals surface area contributed by atoms with Crippen LogP contribution in [-0.2, 0) is 4.79 Å². The highest BCUT2D eigenvalue weighted by Gasteiger charge is 2.21. The maximum atomic E-state index is 11.9. The zero-order valence-corrected chi connectivity index (χ0v) is 10.6. The van der Waals surface area contributed by atoms with Crippen LogP contribution in [0.3, 0.4) is 0 Å². The molecule has 0 aromatic rings. The van der Waals surface area contributed by atoms with Gasteiger partial charge < -0.3 is 5.11 Å². The molecule has 1 atom stereocenters. The zero-order chi connectivity index (χ0) is 12.0. The normalized spacial score (nSPS) is 20.0. The first kappa shape index (κ1) is 13.7. The summed E-state index contributed by atoms with van der Waals surface area (Å²) in [6, 6.07) is 0. The van der Waals surface area contributed by atoms with Crippen LogP contribution < -0.4 is 0 Å². The largest absolute Gasteiger partial charge is 0.393 e. The summed E-state index contributed by atoms with van der Waals surface area (Å²) in [6.07, 6.45) is 6.37. The van der Waals surface area contributed by atoms with Crippen molar-refractivity contribution >= 4 is 5.78 Å². The molecule has 3 heteroatoms. The number of nitrogens with zero attached hydrogens (tertiary/aromatic N) is 1. The number of carbonyl (C=O) groups excluding carboxylic acids is 1. The first-order chi connectivity index (χ1) is 7.59. The molecule has 1 saturated carbocycles. The lowest BCUT2D eigenvalue weighted by molar-refractivity contribution is -0.124. The molecule has 1 rings (SSSR count). The molecule has 0 spiro atoms. The van der Waals surface area contributed by atoms with Crippen LogP contribution >= 0.6 is 0 Å². The fourth-order valence-electron chi connectivity index (χ4n) is 2.31. The quantitative estimate of drug-likeness (QED) is 0.752. The van der Waals surface area contributed by atoms with Gasteiger partial charge in [-0.2, -0.15) is 0 Å². The van der Waals surface area contributed by atoms with E-state index in [1.807, 2.05) is 11.9 Å². The van der Waals surface area contributed by atoms with E-state index in [9.17, 15) is 9.90 Å². The van der Waals surface area contributed by atoms with Gasteiger partial charge in [-0.1, -0.05) is 19.3 Å². The lowest BCUT2D eigenvalue weighted by atomic mass is 9.86. The molecular formula is C13H25NO2. The van der Waals surface area contributed by atoms with E-state index >= 15 is 0 Å². The number of hydrogen-bond donors (Lipinski definition) is 1. The second-order valence-corrected chi connectivity index (χ2v) is 5.18. The first-order valence-corrected chi connectivity index (χ1v) is 6.49. The maximum absolute atomic E-state index is 11.9. The number of aliphatic hydroxyl groups excluding tert-OH is 1. The van der Waals surface area contributed by atoms with Crippen LogP contribution in [0, 0.1) is 5.92 Å². The van der Waals surface area contributed by atoms with E-state index in [0.29, 0.717) is 18.2 Å². The van der Waals surface area contributed by atoms with Crippen LogP contribution in [0.1, 0.15) is 45.4 Å². The number of rotatable bonds is 6. The Hall–Kier alpha value is -0.410. The molecular weight excluding hydrogens is 202 g/mol. The van der Waals surface area contributed by atoms with Gasteiger partial charge >= 0.3 is 0 Å². The van der Waals surface area contributed by atoms with Crippen LogP contribution in [0.2, 0.25) is 0 Å². The molecule has 1 N–H and O–H groups in total. The lowest BCUT2D eigenvalue weighted by Crippen LogP contribution is -2.32. The summed E-state index contributed by atoms with van der Waals surface area (Å²) in [4.78, 5) is 14.0. The molecule has 0 bridgehead atoms. The summed E-state index contributed by atoms with van der Waals surface area (Å²) in [5.41, 5.74) is 0. The van der Waals surface area contributed by atoms with Crippen molar-refractivity contribution in [3.05, 3.63) is 0 Å². The molecule has 1 fully saturated rings. The van der Waals surface area contributed by atoms with Crippen LogP contribution in [0.15, 0.2) is 0 Å². The van der Waals surface area contributed by atoms with E-state index in [2.05, 4.69) is 0 Å². The molecule has 1 aliphatic rings. The molecule has 0 aliphatic heterocycles. The van der Waals surface area contributed by atoms with E-state index in [0.717, 1.165) is 25.8 Å². The van der Waals surface area contributed by atoms with Crippen molar-refractivity contribution in [3.63, 3.8) is 0 Å². The van der Waals surface area contributed by atoms with Gasteiger partial charge in [0.1, 0.15) is 5.78 Å². The summed E-state index contributed by atoms with van der Waals surface area (Å²) < 4.78 is 0. The molecule has 3 nitrogen and oxygen atoms in total. The van der Waals surface area contributed by atoms with Gasteiger partial charge in [-0.25, -0.2) is 0 Å². The van der Waals surface area contributed by atoms with E-state index in [1.165, 1.54) is 19.3 Å². The van der Waals surface area contributed by atoms with Gasteiger partial charge in [-0.05, 0) is 33.2 Å². The number of carbonyl (C=O) groups is 1. The van der Waals surface area contributed by atoms with Gasteiger partial charge in [-0.15, -0.1) is 0 Å². The van der Waals surface area contributed by atoms with Gasteiger partial charge in [0.15, 0.2) is 0 Å². The van der Waals surface area contributed by atoms with Gasteiger partial charge in [-0.3, -0.25) is 9.69 Å². The molecule has 0 saturated heterocycles. The SMILES string of the molecule is CC(O)CCN(C)CC(=O)C1CCCCC1. The third-order valence-electron chi connectivity index (χ3n) is 3.41. The molecule has 0 aromatic heterocycles. The summed E-state index contributed by atoms with van der Waals surface area (Å²) in [7, 11) is 1.96. The van der Waals surface area contributed by atoms with Gasteiger partial charge in [0.05, 0.1) is 12.6 Å². The minimum Gasteiger partial charge on any atom is -0.393 e. The Morgan fingerprint density at radius 2 is 2.00 bits per heavy atom. The molecule has 1 aliphatic carbocycles. The van der Waals surface area contributed by atoms with E-state index in [-0.39, 0.29) is 6.10 Å². The Kier molecular flexibility index (Phi) is 5.99. The minimum absolute atomic E-state index is 0.271. The minimum atomic E-state index is -0.271. The van der Waals surface area contributed by atoms with Crippen LogP contribution in [-0.4, -0.2) is 42.0 Å². The second-order valence-electron chi connectivity index (χ2n) is 5.18. The molecule has 94 valence electrons. The molecule has 0 heterocycles. The molecule has 0 amide bonds. The Balaban J connectivity index is 2.21. The summed E-state index contributed by atoms with van der Waals surface area (Å²) in [6.45, 7) is 3.14. The van der Waals surface area contributed by atoms with Gasteiger partial charge in [0.2, 0.25) is 0 Å². The third-order valence-corrected chi connectivity index (χ3v) is 3.41. The number of ketones is 1. The molecule has 1 unspecified atom stereocenters. The highest BCUT2D eigenvalue weighted by atomic mass is 16.3. The van der Waals surface area contributed by atoms with Crippen molar-refractivity contribution in [2.24, 2.45) is 5.92 Å². The van der Waals surface area contributed by atoms with Crippen LogP contribution in [0.4, 0.5) is 0 Å². The Morgan fingerprint density at radius 1 is 1.38 bits per heavy atom. The highest BCUT2D eigenvalue weighted by molar-refractivity contribution is 5.82. The molecule has 0 aromatic carbocycles. The monoisotopic (exact) mass is 227 g/mol. The van der Waals surface area contributed by atoms with Crippen LogP contribution in [0.25, 0.3) is 0 Å². The third kappa shape index (κ3) is 5.08. The van der Waals surface area contributed by atoms with Gasteiger partial charge in [0.25, 0.3) is 0 Å². The fraction of sp³-hybridized carbons (Fsp3) is 0.923. The van der Waals surface area contributed by atoms with E-state index in [4.69, 9.17) is 0 Å². The van der Waals surface area contributed by atoms with Crippen molar-refractivity contribution in [2.75, 3.05) is 20.1 Å². The summed E-state index contributed by atoms with van der Waals surface area (Å²) >= 11 is 0. The van der Waals surface area contributed by atoms with E-state index < -0.39 is 0 Å². The van der Waals surface area contributed by atoms with E-state index in [1.54, 1.807) is 6.92 Å². The van der Waals surface area contributed by atoms with Crippen molar-refractivity contribution in [2.45, 2.75) is 51.6 Å². The number of likely N-dealkylation sites (N-methyl/N-ethyl adjacent to an activating group) is 1. The summed E-state index contributed by atoms with van der Waals surface area (Å²) in [5, 5.41) is 9.17. The average Bonchev–Trinajstić information content (AvgIpc) is 2.27. The lowest BCUT2D eigenvalue weighted by Gasteiger charge is -2.23. The van der Waals surface area contributed by atoms with Gasteiger partial charge in [0, 0.05) is 12.5 Å². The Labute approximate surface area is 98.8 Å². The second kappa shape index (κ2) is 7.02. The smallest absolute Gasteiger partial charge is 0.149 e. The van der Waals surface area contributed by atoms with Crippen molar-refractivity contribution in [1.82, 2.24) is 4.90 Å². The van der Waals surface area contributed by atoms with Crippen molar-refractivity contribution < 1.29 is 9.90 Å². The molecule has 0 radical (unpaired) electrons. The molecule has 16 heavy (non-hydrogen) atoms. The Morgan fingerprint density at radius 3 is 2.56 bits per heavy atom.